The summed E-state index contributed by atoms with van der Waals surface area (Å²) in [5.41, 5.74) is 1.46. The van der Waals surface area contributed by atoms with Crippen LogP contribution in [0, 0.1) is 18.3 Å². The largest absolute Gasteiger partial charge is 0.245 e. The molecule has 0 amide bonds. The first-order chi connectivity index (χ1) is 9.03. The number of sulfone groups is 1. The second kappa shape index (κ2) is 5.21. The zero-order valence-corrected chi connectivity index (χ0v) is 11.2. The minimum atomic E-state index is -3.46. The van der Waals surface area contributed by atoms with Gasteiger partial charge in [-0.3, -0.25) is 0 Å². The predicted octanol–water partition coefficient (Wildman–Crippen LogP) is 2.24. The molecule has 0 unspecified atom stereocenters. The highest BCUT2D eigenvalue weighted by Crippen LogP contribution is 2.18. The fourth-order valence-corrected chi connectivity index (χ4v) is 3.21. The molecule has 5 heteroatoms. The Balaban J connectivity index is 2.40. The summed E-state index contributed by atoms with van der Waals surface area (Å²) in [7, 11) is -3.46. The molecule has 0 fully saturated rings. The molecule has 96 valence electrons. The van der Waals surface area contributed by atoms with Crippen molar-refractivity contribution in [3.05, 3.63) is 59.4 Å². The smallest absolute Gasteiger partial charge is 0.182 e. The van der Waals surface area contributed by atoms with Crippen LogP contribution in [0.3, 0.4) is 0 Å². The number of hydrogen-bond acceptors (Lipinski definition) is 4. The molecule has 0 aliphatic rings. The molecule has 0 bridgehead atoms. The quantitative estimate of drug-likeness (QED) is 0.859. The van der Waals surface area contributed by atoms with E-state index in [-0.39, 0.29) is 16.3 Å². The van der Waals surface area contributed by atoms with Crippen molar-refractivity contribution in [2.75, 3.05) is 0 Å². The van der Waals surface area contributed by atoms with Crippen LogP contribution in [0.15, 0.2) is 47.5 Å². The van der Waals surface area contributed by atoms with Crippen LogP contribution in [-0.2, 0) is 15.6 Å². The summed E-state index contributed by atoms with van der Waals surface area (Å²) in [6, 6.07) is 11.9. The highest BCUT2D eigenvalue weighted by atomic mass is 32.2. The Hall–Kier alpha value is -2.19. The van der Waals surface area contributed by atoms with E-state index in [1.165, 1.54) is 6.20 Å². The Morgan fingerprint density at radius 3 is 2.74 bits per heavy atom. The molecule has 2 aromatic rings. The number of benzene rings is 1. The summed E-state index contributed by atoms with van der Waals surface area (Å²) in [5.74, 6) is -0.215. The average Bonchev–Trinajstić information content (AvgIpc) is 2.39. The van der Waals surface area contributed by atoms with Gasteiger partial charge in [0.2, 0.25) is 0 Å². The van der Waals surface area contributed by atoms with Gasteiger partial charge in [0, 0.05) is 11.8 Å². The number of nitrogens with zero attached hydrogens (tertiary/aromatic N) is 2. The van der Waals surface area contributed by atoms with Crippen LogP contribution in [0.2, 0.25) is 0 Å². The van der Waals surface area contributed by atoms with Gasteiger partial charge in [-0.05, 0) is 30.7 Å². The second-order valence-electron chi connectivity index (χ2n) is 4.20. The van der Waals surface area contributed by atoms with Crippen molar-refractivity contribution in [3.8, 4) is 6.07 Å². The summed E-state index contributed by atoms with van der Waals surface area (Å²) in [6.45, 7) is 1.84. The minimum absolute atomic E-state index is 0.152. The lowest BCUT2D eigenvalue weighted by Gasteiger charge is -2.06. The molecule has 0 saturated heterocycles. The van der Waals surface area contributed by atoms with E-state index in [4.69, 9.17) is 5.26 Å². The van der Waals surface area contributed by atoms with Crippen LogP contribution in [0.25, 0.3) is 0 Å². The Bertz CT molecular complexity index is 746. The number of hydrogen-bond donors (Lipinski definition) is 0. The van der Waals surface area contributed by atoms with E-state index in [1.807, 2.05) is 19.1 Å². The molecule has 1 aromatic heterocycles. The molecular weight excluding hydrogens is 260 g/mol. The molecule has 0 spiro atoms. The number of aryl methyl sites for hydroxylation is 1. The van der Waals surface area contributed by atoms with Crippen molar-refractivity contribution in [3.63, 3.8) is 0 Å². The minimum Gasteiger partial charge on any atom is -0.245 e. The van der Waals surface area contributed by atoms with E-state index in [0.29, 0.717) is 5.56 Å². The van der Waals surface area contributed by atoms with Crippen molar-refractivity contribution >= 4 is 9.84 Å². The van der Waals surface area contributed by atoms with Crippen molar-refractivity contribution in [1.82, 2.24) is 4.98 Å². The molecule has 0 radical (unpaired) electrons. The fraction of sp³-hybridized carbons (Fsp3) is 0.143. The lowest BCUT2D eigenvalue weighted by molar-refractivity contribution is 0.595. The monoisotopic (exact) mass is 272 g/mol. The van der Waals surface area contributed by atoms with Gasteiger partial charge in [-0.2, -0.15) is 5.26 Å². The Morgan fingerprint density at radius 2 is 2.05 bits per heavy atom. The Morgan fingerprint density at radius 1 is 1.26 bits per heavy atom. The van der Waals surface area contributed by atoms with Crippen LogP contribution in [0.4, 0.5) is 0 Å². The maximum atomic E-state index is 12.3. The van der Waals surface area contributed by atoms with Gasteiger partial charge in [0.1, 0.15) is 11.8 Å². The maximum Gasteiger partial charge on any atom is 0.182 e. The van der Waals surface area contributed by atoms with Gasteiger partial charge in [0.15, 0.2) is 9.84 Å². The topological polar surface area (TPSA) is 70.8 Å². The van der Waals surface area contributed by atoms with Crippen LogP contribution >= 0.6 is 0 Å². The lowest BCUT2D eigenvalue weighted by Crippen LogP contribution is -2.07. The number of rotatable bonds is 3. The third-order valence-electron chi connectivity index (χ3n) is 2.69. The molecule has 4 nitrogen and oxygen atoms in total. The first kappa shape index (κ1) is 13.2. The molecule has 1 heterocycles. The van der Waals surface area contributed by atoms with E-state index >= 15 is 0 Å². The number of aromatic nitrogens is 1. The second-order valence-corrected chi connectivity index (χ2v) is 6.19. The van der Waals surface area contributed by atoms with E-state index in [1.54, 1.807) is 30.3 Å². The Labute approximate surface area is 112 Å². The predicted molar refractivity (Wildman–Crippen MR) is 71.0 cm³/mol. The molecule has 19 heavy (non-hydrogen) atoms. The van der Waals surface area contributed by atoms with Crippen LogP contribution in [-0.4, -0.2) is 13.4 Å². The van der Waals surface area contributed by atoms with Gasteiger partial charge in [0.25, 0.3) is 0 Å². The van der Waals surface area contributed by atoms with Crippen molar-refractivity contribution in [2.24, 2.45) is 0 Å². The van der Waals surface area contributed by atoms with Gasteiger partial charge in [0.05, 0.1) is 10.6 Å². The molecular formula is C14H12N2O2S. The molecule has 2 rings (SSSR count). The summed E-state index contributed by atoms with van der Waals surface area (Å²) >= 11 is 0. The van der Waals surface area contributed by atoms with E-state index in [0.717, 1.165) is 5.56 Å². The fourth-order valence-electron chi connectivity index (χ4n) is 1.75. The molecule has 0 atom stereocenters. The van der Waals surface area contributed by atoms with Crippen LogP contribution < -0.4 is 0 Å². The van der Waals surface area contributed by atoms with Gasteiger partial charge in [-0.1, -0.05) is 18.2 Å². The SMILES string of the molecule is Cc1cccc(S(=O)(=O)Cc2cccnc2C#N)c1. The van der Waals surface area contributed by atoms with E-state index in [9.17, 15) is 8.42 Å². The molecule has 0 N–H and O–H groups in total. The van der Waals surface area contributed by atoms with Crippen molar-refractivity contribution in [2.45, 2.75) is 17.6 Å². The summed E-state index contributed by atoms with van der Waals surface area (Å²) in [4.78, 5) is 4.13. The normalized spacial score (nSPS) is 10.9. The first-order valence-corrected chi connectivity index (χ1v) is 7.31. The molecule has 1 aromatic carbocycles. The van der Waals surface area contributed by atoms with E-state index in [2.05, 4.69) is 4.98 Å². The lowest BCUT2D eigenvalue weighted by atomic mass is 10.2. The van der Waals surface area contributed by atoms with Crippen molar-refractivity contribution < 1.29 is 8.42 Å². The van der Waals surface area contributed by atoms with E-state index < -0.39 is 9.84 Å². The van der Waals surface area contributed by atoms with Crippen LogP contribution in [0.1, 0.15) is 16.8 Å². The number of nitriles is 1. The van der Waals surface area contributed by atoms with Crippen LogP contribution in [0.5, 0.6) is 0 Å². The van der Waals surface area contributed by atoms with Gasteiger partial charge < -0.3 is 0 Å². The highest BCUT2D eigenvalue weighted by Gasteiger charge is 2.17. The standard InChI is InChI=1S/C14H12N2O2S/c1-11-4-2-6-13(8-11)19(17,18)10-12-5-3-7-16-14(12)9-15/h2-8H,10H2,1H3. The van der Waals surface area contributed by atoms with Gasteiger partial charge >= 0.3 is 0 Å². The highest BCUT2D eigenvalue weighted by molar-refractivity contribution is 7.90. The van der Waals surface area contributed by atoms with Gasteiger partial charge in [-0.25, -0.2) is 13.4 Å². The summed E-state index contributed by atoms with van der Waals surface area (Å²) in [5, 5.41) is 8.92. The van der Waals surface area contributed by atoms with Gasteiger partial charge in [-0.15, -0.1) is 0 Å². The summed E-state index contributed by atoms with van der Waals surface area (Å²) in [6.07, 6.45) is 1.47. The zero-order chi connectivity index (χ0) is 13.9. The Kier molecular flexibility index (Phi) is 3.63. The first-order valence-electron chi connectivity index (χ1n) is 5.66. The maximum absolute atomic E-state index is 12.3. The third kappa shape index (κ3) is 2.98. The zero-order valence-electron chi connectivity index (χ0n) is 10.4. The average molecular weight is 272 g/mol. The summed E-state index contributed by atoms with van der Waals surface area (Å²) < 4.78 is 24.6. The molecule has 0 aliphatic heterocycles. The number of pyridine rings is 1. The molecule has 0 aliphatic carbocycles. The third-order valence-corrected chi connectivity index (χ3v) is 4.35. The van der Waals surface area contributed by atoms with Crippen molar-refractivity contribution in [1.29, 1.82) is 5.26 Å². The molecule has 0 saturated carbocycles.